The summed E-state index contributed by atoms with van der Waals surface area (Å²) in [5, 5.41) is 4.26. The van der Waals surface area contributed by atoms with E-state index in [-0.39, 0.29) is 29.3 Å². The van der Waals surface area contributed by atoms with Gasteiger partial charge in [0.2, 0.25) is 10.5 Å². The Hall–Kier alpha value is -1.49. The van der Waals surface area contributed by atoms with E-state index in [2.05, 4.69) is 64.9 Å². The third-order valence-electron chi connectivity index (χ3n) is 5.99. The van der Waals surface area contributed by atoms with Gasteiger partial charge in [-0.15, -0.1) is 5.10 Å². The van der Waals surface area contributed by atoms with E-state index >= 15 is 0 Å². The number of rotatable bonds is 7. The smallest absolute Gasteiger partial charge is 0.218 e. The van der Waals surface area contributed by atoms with Gasteiger partial charge in [-0.2, -0.15) is 4.98 Å². The second-order valence-corrected chi connectivity index (χ2v) is 14.9. The number of ether oxygens (including phenoxy) is 1. The molecule has 0 aliphatic carbocycles. The van der Waals surface area contributed by atoms with Crippen LogP contribution in [0.2, 0.25) is 18.1 Å². The average molecular weight is 513 g/mol. The van der Waals surface area contributed by atoms with Crippen molar-refractivity contribution in [3.8, 4) is 0 Å². The van der Waals surface area contributed by atoms with Crippen LogP contribution in [0.5, 0.6) is 0 Å². The van der Waals surface area contributed by atoms with Gasteiger partial charge in [0.05, 0.1) is 12.3 Å². The first-order valence-corrected chi connectivity index (χ1v) is 14.2. The van der Waals surface area contributed by atoms with Crippen LogP contribution in [0.4, 0.5) is 4.39 Å². The average Bonchev–Trinajstić information content (AvgIpc) is 3.09. The number of carbonyl (C=O) groups is 1. The predicted octanol–water partition coefficient (Wildman–Crippen LogP) is 5.61. The summed E-state index contributed by atoms with van der Waals surface area (Å²) in [6.07, 6.45) is 4.52. The molecule has 2 unspecified atom stereocenters. The van der Waals surface area contributed by atoms with E-state index < -0.39 is 20.2 Å². The third kappa shape index (κ3) is 5.85. The van der Waals surface area contributed by atoms with Gasteiger partial charge < -0.3 is 9.16 Å². The van der Waals surface area contributed by atoms with Crippen molar-refractivity contribution in [3.05, 3.63) is 40.4 Å². The van der Waals surface area contributed by atoms with Crippen molar-refractivity contribution in [2.45, 2.75) is 76.9 Å². The molecule has 0 spiro atoms. The summed E-state index contributed by atoms with van der Waals surface area (Å²) in [6, 6.07) is 1.38. The van der Waals surface area contributed by atoms with Gasteiger partial charge in [-0.05, 0) is 59.4 Å². The Kier molecular flexibility index (Phi) is 7.45. The normalized spacial score (nSPS) is 18.7. The lowest BCUT2D eigenvalue weighted by molar-refractivity contribution is -0.0410. The van der Waals surface area contributed by atoms with Crippen LogP contribution in [-0.2, 0) is 9.16 Å². The van der Waals surface area contributed by atoms with E-state index in [1.165, 1.54) is 6.07 Å². The molecule has 3 heterocycles. The molecule has 170 valence electrons. The van der Waals surface area contributed by atoms with Crippen LogP contribution in [0, 0.1) is 5.82 Å². The first-order chi connectivity index (χ1) is 14.5. The maximum Gasteiger partial charge on any atom is 0.218 e. The summed E-state index contributed by atoms with van der Waals surface area (Å²) < 4.78 is 28.2. The lowest BCUT2D eigenvalue weighted by atomic mass is 10.1. The van der Waals surface area contributed by atoms with Crippen molar-refractivity contribution in [2.24, 2.45) is 0 Å². The van der Waals surface area contributed by atoms with E-state index in [1.54, 1.807) is 10.9 Å². The largest absolute Gasteiger partial charge is 0.409 e. The van der Waals surface area contributed by atoms with Crippen molar-refractivity contribution < 1.29 is 18.3 Å². The fraction of sp³-hybridized carbons (Fsp3) is 0.619. The molecular weight excluding hydrogens is 483 g/mol. The van der Waals surface area contributed by atoms with Crippen molar-refractivity contribution in [2.75, 3.05) is 6.61 Å². The minimum Gasteiger partial charge on any atom is -0.409 e. The molecule has 2 aromatic rings. The first-order valence-electron chi connectivity index (χ1n) is 10.5. The molecule has 2 aromatic heterocycles. The molecule has 0 radical (unpaired) electrons. The quantitative estimate of drug-likeness (QED) is 0.354. The Bertz CT molecular complexity index is 926. The molecule has 0 amide bonds. The highest BCUT2D eigenvalue weighted by Gasteiger charge is 2.40. The van der Waals surface area contributed by atoms with Crippen LogP contribution >= 0.6 is 15.9 Å². The highest BCUT2D eigenvalue weighted by molar-refractivity contribution is 9.10. The third-order valence-corrected chi connectivity index (χ3v) is 10.8. The molecule has 31 heavy (non-hydrogen) atoms. The highest BCUT2D eigenvalue weighted by atomic mass is 79.9. The Morgan fingerprint density at radius 2 is 2.13 bits per heavy atom. The van der Waals surface area contributed by atoms with E-state index in [0.29, 0.717) is 16.9 Å². The molecule has 3 rings (SSSR count). The Labute approximate surface area is 192 Å². The van der Waals surface area contributed by atoms with Gasteiger partial charge in [0.1, 0.15) is 5.82 Å². The number of hydrogen-bond acceptors (Lipinski definition) is 6. The van der Waals surface area contributed by atoms with Gasteiger partial charge in [-0.3, -0.25) is 9.78 Å². The summed E-state index contributed by atoms with van der Waals surface area (Å²) in [5.74, 6) is -0.484. The number of carbonyl (C=O) groups excluding carboxylic acids is 1. The summed E-state index contributed by atoms with van der Waals surface area (Å²) >= 11 is 3.28. The van der Waals surface area contributed by atoms with Gasteiger partial charge in [-0.1, -0.05) is 20.8 Å². The Morgan fingerprint density at radius 1 is 1.39 bits per heavy atom. The van der Waals surface area contributed by atoms with E-state index in [0.717, 1.165) is 25.5 Å². The summed E-state index contributed by atoms with van der Waals surface area (Å²) in [4.78, 5) is 21.6. The topological polar surface area (TPSA) is 79.1 Å². The van der Waals surface area contributed by atoms with Crippen LogP contribution in [0.25, 0.3) is 0 Å². The summed E-state index contributed by atoms with van der Waals surface area (Å²) in [7, 11) is -2.26. The SMILES string of the molecule is CC(C)(C)[Si](C)(C)OC(CC(=O)c1nc(Br)nn1C1CCCCO1)c1cncc(F)c1. The molecule has 1 saturated heterocycles. The molecule has 0 aromatic carbocycles. The zero-order chi connectivity index (χ0) is 22.8. The van der Waals surface area contributed by atoms with Crippen molar-refractivity contribution in [1.29, 1.82) is 0 Å². The molecule has 7 nitrogen and oxygen atoms in total. The van der Waals surface area contributed by atoms with E-state index in [1.807, 2.05) is 0 Å². The molecule has 0 saturated carbocycles. The number of ketones is 1. The molecule has 1 fully saturated rings. The van der Waals surface area contributed by atoms with Gasteiger partial charge in [0.25, 0.3) is 0 Å². The molecule has 2 atom stereocenters. The van der Waals surface area contributed by atoms with Crippen LogP contribution < -0.4 is 0 Å². The van der Waals surface area contributed by atoms with Gasteiger partial charge in [0.15, 0.2) is 20.4 Å². The highest BCUT2D eigenvalue weighted by Crippen LogP contribution is 2.41. The van der Waals surface area contributed by atoms with Crippen molar-refractivity contribution in [1.82, 2.24) is 19.7 Å². The minimum atomic E-state index is -2.26. The summed E-state index contributed by atoms with van der Waals surface area (Å²) in [5.41, 5.74) is 0.539. The number of aromatic nitrogens is 4. The number of hydrogen-bond donors (Lipinski definition) is 0. The first kappa shape index (κ1) is 24.2. The maximum atomic E-state index is 13.9. The monoisotopic (exact) mass is 512 g/mol. The number of pyridine rings is 1. The van der Waals surface area contributed by atoms with Crippen LogP contribution in [0.15, 0.2) is 23.2 Å². The Morgan fingerprint density at radius 3 is 2.74 bits per heavy atom. The molecule has 10 heteroatoms. The van der Waals surface area contributed by atoms with E-state index in [4.69, 9.17) is 9.16 Å². The number of nitrogens with zero attached hydrogens (tertiary/aromatic N) is 4. The number of halogens is 2. The van der Waals surface area contributed by atoms with Crippen LogP contribution in [0.1, 0.15) is 75.0 Å². The van der Waals surface area contributed by atoms with Crippen molar-refractivity contribution >= 4 is 30.0 Å². The lowest BCUT2D eigenvalue weighted by Gasteiger charge is -2.39. The van der Waals surface area contributed by atoms with Gasteiger partial charge in [0, 0.05) is 24.8 Å². The lowest BCUT2D eigenvalue weighted by Crippen LogP contribution is -2.42. The standard InChI is InChI=1S/C21H30BrFN4O3Si/c1-21(2,3)31(4,5)30-17(14-10-15(23)13-24-12-14)11-16(28)19-25-20(22)26-27(19)18-8-6-7-9-29-18/h10,12-13,17-18H,6-9,11H2,1-5H3. The second kappa shape index (κ2) is 9.56. The van der Waals surface area contributed by atoms with Gasteiger partial charge in [-0.25, -0.2) is 9.07 Å². The van der Waals surface area contributed by atoms with Gasteiger partial charge >= 0.3 is 0 Å². The van der Waals surface area contributed by atoms with Crippen LogP contribution in [-0.4, -0.2) is 40.5 Å². The molecule has 1 aliphatic heterocycles. The maximum absolute atomic E-state index is 13.9. The van der Waals surface area contributed by atoms with E-state index in [9.17, 15) is 9.18 Å². The predicted molar refractivity (Wildman–Crippen MR) is 121 cm³/mol. The molecular formula is C21H30BrFN4O3Si. The zero-order valence-corrected chi connectivity index (χ0v) is 21.3. The second-order valence-electron chi connectivity index (χ2n) is 9.40. The molecule has 0 N–H and O–H groups in total. The Balaban J connectivity index is 1.90. The minimum absolute atomic E-state index is 0.00942. The summed E-state index contributed by atoms with van der Waals surface area (Å²) in [6.45, 7) is 11.2. The fourth-order valence-corrected chi connectivity index (χ4v) is 4.85. The number of Topliss-reactive ketones (excluding diaryl/α,β-unsaturated/α-hetero) is 1. The van der Waals surface area contributed by atoms with Crippen molar-refractivity contribution in [3.63, 3.8) is 0 Å². The fourth-order valence-electron chi connectivity index (χ4n) is 3.23. The van der Waals surface area contributed by atoms with Crippen LogP contribution in [0.3, 0.4) is 0 Å². The molecule has 0 bridgehead atoms. The molecule has 1 aliphatic rings. The zero-order valence-electron chi connectivity index (χ0n) is 18.7.